The highest BCUT2D eigenvalue weighted by Crippen LogP contribution is 2.27. The molecule has 1 aromatic carbocycles. The van der Waals surface area contributed by atoms with E-state index in [4.69, 9.17) is 4.98 Å². The summed E-state index contributed by atoms with van der Waals surface area (Å²) in [5.41, 5.74) is 0.739. The number of carbonyl (C=O) groups excluding carboxylic acids is 2. The second kappa shape index (κ2) is 17.0. The van der Waals surface area contributed by atoms with Crippen LogP contribution in [0.1, 0.15) is 117 Å². The van der Waals surface area contributed by atoms with Crippen LogP contribution in [0.2, 0.25) is 0 Å². The zero-order valence-electron chi connectivity index (χ0n) is 23.2. The van der Waals surface area contributed by atoms with Gasteiger partial charge in [0.1, 0.15) is 5.82 Å². The number of hydrogen-bond acceptors (Lipinski definition) is 4. The van der Waals surface area contributed by atoms with Crippen molar-refractivity contribution in [3.05, 3.63) is 24.3 Å². The minimum absolute atomic E-state index is 0.0156. The monoisotopic (exact) mass is 496 g/mol. The standard InChI is InChI=1S/C30H48N4O2/c1-5-7-9-11-13-15-17-23-27(35)33(3)29-25-21-19-20-22-26(25)31-30(32-29)34(4)28(36)24-18-16-14-12-10-8-6-2/h19-22H,5-18,23-24H2,1-4H3. The topological polar surface area (TPSA) is 66.4 Å². The van der Waals surface area contributed by atoms with Gasteiger partial charge in [-0.3, -0.25) is 19.4 Å². The van der Waals surface area contributed by atoms with Crippen molar-refractivity contribution >= 4 is 34.5 Å². The number of benzene rings is 1. The van der Waals surface area contributed by atoms with Gasteiger partial charge in [0.25, 0.3) is 0 Å². The minimum atomic E-state index is 0.0156. The number of anilines is 2. The van der Waals surface area contributed by atoms with Crippen LogP contribution in [-0.2, 0) is 9.59 Å². The van der Waals surface area contributed by atoms with Crippen LogP contribution >= 0.6 is 0 Å². The van der Waals surface area contributed by atoms with Crippen molar-refractivity contribution < 1.29 is 9.59 Å². The van der Waals surface area contributed by atoms with Crippen molar-refractivity contribution in [2.45, 2.75) is 117 Å². The Labute approximate surface area is 218 Å². The Bertz CT molecular complexity index is 930. The first-order valence-corrected chi connectivity index (χ1v) is 14.3. The summed E-state index contributed by atoms with van der Waals surface area (Å²) in [5.74, 6) is 0.989. The Morgan fingerprint density at radius 2 is 1.11 bits per heavy atom. The predicted molar refractivity (Wildman–Crippen MR) is 152 cm³/mol. The van der Waals surface area contributed by atoms with E-state index in [9.17, 15) is 9.59 Å². The molecule has 6 heteroatoms. The van der Waals surface area contributed by atoms with Gasteiger partial charge in [-0.05, 0) is 25.0 Å². The third-order valence-corrected chi connectivity index (χ3v) is 6.93. The van der Waals surface area contributed by atoms with Crippen LogP contribution in [0.4, 0.5) is 11.8 Å². The quantitative estimate of drug-likeness (QED) is 0.197. The van der Waals surface area contributed by atoms with Crippen molar-refractivity contribution in [3.8, 4) is 0 Å². The highest BCUT2D eigenvalue weighted by molar-refractivity contribution is 6.02. The maximum atomic E-state index is 13.0. The first-order valence-electron chi connectivity index (χ1n) is 14.3. The van der Waals surface area contributed by atoms with Crippen LogP contribution in [0, 0.1) is 0 Å². The van der Waals surface area contributed by atoms with Gasteiger partial charge in [0.05, 0.1) is 5.52 Å². The molecule has 200 valence electrons. The normalized spacial score (nSPS) is 11.1. The largest absolute Gasteiger partial charge is 0.299 e. The molecule has 1 aromatic heterocycles. The molecule has 0 unspecified atom stereocenters. The average molecular weight is 497 g/mol. The number of para-hydroxylation sites is 1. The fourth-order valence-corrected chi connectivity index (χ4v) is 4.49. The van der Waals surface area contributed by atoms with E-state index in [2.05, 4.69) is 18.8 Å². The zero-order valence-corrected chi connectivity index (χ0v) is 23.2. The molecule has 2 rings (SSSR count). The van der Waals surface area contributed by atoms with E-state index < -0.39 is 0 Å². The van der Waals surface area contributed by atoms with Gasteiger partial charge in [-0.15, -0.1) is 0 Å². The Kier molecular flexibility index (Phi) is 14.1. The summed E-state index contributed by atoms with van der Waals surface area (Å²) < 4.78 is 0. The summed E-state index contributed by atoms with van der Waals surface area (Å²) >= 11 is 0. The molecule has 0 atom stereocenters. The molecule has 0 spiro atoms. The fourth-order valence-electron chi connectivity index (χ4n) is 4.49. The molecule has 0 aliphatic heterocycles. The number of fused-ring (bicyclic) bond motifs is 1. The maximum Gasteiger partial charge on any atom is 0.234 e. The van der Waals surface area contributed by atoms with Crippen LogP contribution < -0.4 is 9.80 Å². The predicted octanol–water partition coefficient (Wildman–Crippen LogP) is 7.84. The summed E-state index contributed by atoms with van der Waals surface area (Å²) in [6.07, 6.45) is 17.4. The Hall–Kier alpha value is -2.50. The molecule has 1 heterocycles. The number of nitrogens with zero attached hydrogens (tertiary/aromatic N) is 4. The number of hydrogen-bond donors (Lipinski definition) is 0. The molecule has 0 saturated heterocycles. The number of unbranched alkanes of at least 4 members (excludes halogenated alkanes) is 12. The summed E-state index contributed by atoms with van der Waals surface area (Å²) in [5, 5.41) is 0.824. The summed E-state index contributed by atoms with van der Waals surface area (Å²) in [6, 6.07) is 7.70. The van der Waals surface area contributed by atoms with E-state index >= 15 is 0 Å². The third kappa shape index (κ3) is 9.87. The van der Waals surface area contributed by atoms with Crippen molar-refractivity contribution in [1.82, 2.24) is 9.97 Å². The van der Waals surface area contributed by atoms with Crippen LogP contribution in [0.3, 0.4) is 0 Å². The van der Waals surface area contributed by atoms with E-state index in [1.165, 1.54) is 64.2 Å². The van der Waals surface area contributed by atoms with E-state index in [1.54, 1.807) is 23.9 Å². The molecule has 0 aliphatic carbocycles. The smallest absolute Gasteiger partial charge is 0.234 e. The first-order chi connectivity index (χ1) is 17.5. The molecule has 2 amide bonds. The summed E-state index contributed by atoms with van der Waals surface area (Å²) in [4.78, 5) is 38.4. The zero-order chi connectivity index (χ0) is 26.2. The maximum absolute atomic E-state index is 13.0. The average Bonchev–Trinajstić information content (AvgIpc) is 2.90. The van der Waals surface area contributed by atoms with Gasteiger partial charge in [-0.25, -0.2) is 4.98 Å². The second-order valence-electron chi connectivity index (χ2n) is 10.0. The fraction of sp³-hybridized carbons (Fsp3) is 0.667. The Morgan fingerprint density at radius 1 is 0.639 bits per heavy atom. The number of carbonyl (C=O) groups is 2. The van der Waals surface area contributed by atoms with Gasteiger partial charge in [0.2, 0.25) is 17.8 Å². The number of rotatable bonds is 18. The molecule has 0 N–H and O–H groups in total. The highest BCUT2D eigenvalue weighted by atomic mass is 16.2. The molecule has 0 aliphatic rings. The van der Waals surface area contributed by atoms with E-state index in [0.29, 0.717) is 24.6 Å². The van der Waals surface area contributed by atoms with Crippen molar-refractivity contribution in [2.75, 3.05) is 23.9 Å². The van der Waals surface area contributed by atoms with Gasteiger partial charge in [0.15, 0.2) is 0 Å². The second-order valence-corrected chi connectivity index (χ2v) is 10.0. The Morgan fingerprint density at radius 3 is 1.67 bits per heavy atom. The molecule has 0 fully saturated rings. The van der Waals surface area contributed by atoms with Crippen LogP contribution in [-0.4, -0.2) is 35.9 Å². The summed E-state index contributed by atoms with van der Waals surface area (Å²) in [6.45, 7) is 4.44. The van der Waals surface area contributed by atoms with Crippen LogP contribution in [0.5, 0.6) is 0 Å². The van der Waals surface area contributed by atoms with Gasteiger partial charge in [0, 0.05) is 32.3 Å². The SMILES string of the molecule is CCCCCCCCCC(=O)N(C)c1nc(N(C)C(=O)CCCCCCCCC)c2ccccc2n1. The van der Waals surface area contributed by atoms with Crippen LogP contribution in [0.15, 0.2) is 24.3 Å². The van der Waals surface area contributed by atoms with Gasteiger partial charge < -0.3 is 0 Å². The lowest BCUT2D eigenvalue weighted by Gasteiger charge is -2.22. The van der Waals surface area contributed by atoms with Crippen molar-refractivity contribution in [3.63, 3.8) is 0 Å². The van der Waals surface area contributed by atoms with Gasteiger partial charge in [-0.2, -0.15) is 4.98 Å². The number of aromatic nitrogens is 2. The lowest BCUT2D eigenvalue weighted by Crippen LogP contribution is -2.30. The van der Waals surface area contributed by atoms with Gasteiger partial charge >= 0.3 is 0 Å². The first kappa shape index (κ1) is 29.7. The number of amides is 2. The molecule has 0 bridgehead atoms. The Balaban J connectivity index is 1.99. The lowest BCUT2D eigenvalue weighted by molar-refractivity contribution is -0.119. The molecular weight excluding hydrogens is 448 g/mol. The lowest BCUT2D eigenvalue weighted by atomic mass is 10.1. The highest BCUT2D eigenvalue weighted by Gasteiger charge is 2.20. The van der Waals surface area contributed by atoms with Crippen molar-refractivity contribution in [1.29, 1.82) is 0 Å². The van der Waals surface area contributed by atoms with Crippen molar-refractivity contribution in [2.24, 2.45) is 0 Å². The van der Waals surface area contributed by atoms with E-state index in [0.717, 1.165) is 36.6 Å². The molecule has 6 nitrogen and oxygen atoms in total. The molecular formula is C30H48N4O2. The van der Waals surface area contributed by atoms with Crippen LogP contribution in [0.25, 0.3) is 10.9 Å². The summed E-state index contributed by atoms with van der Waals surface area (Å²) in [7, 11) is 3.51. The molecule has 0 radical (unpaired) electrons. The van der Waals surface area contributed by atoms with E-state index in [1.807, 2.05) is 24.3 Å². The molecule has 0 saturated carbocycles. The minimum Gasteiger partial charge on any atom is -0.299 e. The van der Waals surface area contributed by atoms with Gasteiger partial charge in [-0.1, -0.05) is 103 Å². The third-order valence-electron chi connectivity index (χ3n) is 6.93. The molecule has 2 aromatic rings. The molecule has 36 heavy (non-hydrogen) atoms. The van der Waals surface area contributed by atoms with E-state index in [-0.39, 0.29) is 11.8 Å².